The molecule has 0 amide bonds. The summed E-state index contributed by atoms with van der Waals surface area (Å²) in [7, 11) is -8.10. The second-order valence-electron chi connectivity index (χ2n) is 4.84. The Hall–Kier alpha value is 3.01. The zero-order chi connectivity index (χ0) is 15.5. The van der Waals surface area contributed by atoms with Gasteiger partial charge in [0.2, 0.25) is 0 Å². The van der Waals surface area contributed by atoms with Crippen LogP contribution in [0.15, 0.2) is 12.7 Å². The van der Waals surface area contributed by atoms with Crippen molar-refractivity contribution in [2.45, 2.75) is 51.4 Å². The van der Waals surface area contributed by atoms with Gasteiger partial charge in [-0.05, 0) is 23.8 Å². The van der Waals surface area contributed by atoms with Crippen molar-refractivity contribution in [3.8, 4) is 0 Å². The summed E-state index contributed by atoms with van der Waals surface area (Å²) in [6, 6.07) is 0. The Morgan fingerprint density at radius 1 is 1.00 bits per heavy atom. The fourth-order valence-electron chi connectivity index (χ4n) is 1.77. The summed E-state index contributed by atoms with van der Waals surface area (Å²) in [5.74, 6) is 0. The van der Waals surface area contributed by atoms with Crippen LogP contribution in [0.4, 0.5) is 4.53 Å². The van der Waals surface area contributed by atoms with Gasteiger partial charge < -0.3 is 4.89 Å². The first kappa shape index (κ1) is 33.6. The van der Waals surface area contributed by atoms with Crippen molar-refractivity contribution in [1.82, 2.24) is 0 Å². The van der Waals surface area contributed by atoms with Crippen LogP contribution in [-0.2, 0) is 18.2 Å². The molecule has 2 unspecified atom stereocenters. The SMILES string of the molecule is C=CCCCCCCCCCP(=O)(O)OP(C)(=O)OF.[Na].[Na].[Na]. The summed E-state index contributed by atoms with van der Waals surface area (Å²) in [5.41, 5.74) is 0. The van der Waals surface area contributed by atoms with Gasteiger partial charge in [-0.2, -0.15) is 0 Å². The maximum Gasteiger partial charge on any atom is 0.367 e. The zero-order valence-electron chi connectivity index (χ0n) is 15.0. The molecule has 0 heterocycles. The molecule has 1 N–H and O–H groups in total. The maximum atomic E-state index is 11.8. The van der Waals surface area contributed by atoms with Crippen LogP contribution in [0, 0.1) is 0 Å². The van der Waals surface area contributed by atoms with Crippen LogP contribution in [0.2, 0.25) is 0 Å². The van der Waals surface area contributed by atoms with Crippen LogP contribution in [0.25, 0.3) is 0 Å². The average molecular weight is 399 g/mol. The molecule has 0 rings (SSSR count). The molecule has 0 aliphatic rings. The predicted octanol–water partition coefficient (Wildman–Crippen LogP) is 4.08. The molecule has 0 aromatic rings. The van der Waals surface area contributed by atoms with Crippen molar-refractivity contribution in [2.75, 3.05) is 12.8 Å². The summed E-state index contributed by atoms with van der Waals surface area (Å²) in [6.07, 6.45) is 9.59. The molecule has 123 valence electrons. The molecular formula is C12H25FNa3O5P2. The molecule has 3 radical (unpaired) electrons. The number of hydrogen-bond acceptors (Lipinski definition) is 4. The van der Waals surface area contributed by atoms with Gasteiger partial charge in [0.25, 0.3) is 0 Å². The van der Waals surface area contributed by atoms with E-state index in [1.54, 1.807) is 0 Å². The molecule has 0 spiro atoms. The van der Waals surface area contributed by atoms with Crippen molar-refractivity contribution < 1.29 is 27.6 Å². The largest absolute Gasteiger partial charge is 0.367 e. The molecule has 11 heteroatoms. The van der Waals surface area contributed by atoms with Crippen LogP contribution in [0.1, 0.15) is 51.4 Å². The smallest absolute Gasteiger partial charge is 0.324 e. The van der Waals surface area contributed by atoms with Crippen LogP contribution in [0.5, 0.6) is 0 Å². The quantitative estimate of drug-likeness (QED) is 0.219. The normalized spacial score (nSPS) is 15.1. The minimum absolute atomic E-state index is 0. The maximum absolute atomic E-state index is 11.8. The van der Waals surface area contributed by atoms with Crippen LogP contribution in [0.3, 0.4) is 0 Å². The van der Waals surface area contributed by atoms with E-state index in [1.165, 1.54) is 6.42 Å². The van der Waals surface area contributed by atoms with Crippen molar-refractivity contribution in [1.29, 1.82) is 0 Å². The van der Waals surface area contributed by atoms with E-state index >= 15 is 0 Å². The van der Waals surface area contributed by atoms with Gasteiger partial charge in [0.05, 0.1) is 6.16 Å². The molecule has 0 aliphatic heterocycles. The van der Waals surface area contributed by atoms with Gasteiger partial charge in [0.1, 0.15) is 0 Å². The first-order chi connectivity index (χ1) is 9.33. The number of unbranched alkanes of at least 4 members (excludes halogenated alkanes) is 7. The number of hydrogen-bond donors (Lipinski definition) is 1. The van der Waals surface area contributed by atoms with Crippen molar-refractivity contribution in [2.24, 2.45) is 0 Å². The monoisotopic (exact) mass is 399 g/mol. The Morgan fingerprint density at radius 3 is 1.87 bits per heavy atom. The molecular weight excluding hydrogens is 374 g/mol. The summed E-state index contributed by atoms with van der Waals surface area (Å²) in [6.45, 7) is 4.48. The van der Waals surface area contributed by atoms with E-state index < -0.39 is 15.2 Å². The summed E-state index contributed by atoms with van der Waals surface area (Å²) < 4.78 is 41.8. The van der Waals surface area contributed by atoms with E-state index in [9.17, 15) is 18.5 Å². The Bertz CT molecular complexity index is 375. The molecule has 0 aromatic heterocycles. The third kappa shape index (κ3) is 23.0. The summed E-state index contributed by atoms with van der Waals surface area (Å²) in [5, 5.41) is 0. The van der Waals surface area contributed by atoms with Crippen LogP contribution < -0.4 is 0 Å². The van der Waals surface area contributed by atoms with Crippen molar-refractivity contribution >= 4 is 104 Å². The molecule has 0 saturated carbocycles. The third-order valence-electron chi connectivity index (χ3n) is 2.75. The number of allylic oxidation sites excluding steroid dienone is 1. The van der Waals surface area contributed by atoms with Gasteiger partial charge in [-0.1, -0.05) is 38.2 Å². The third-order valence-corrected chi connectivity index (χ3v) is 6.09. The topological polar surface area (TPSA) is 72.8 Å². The van der Waals surface area contributed by atoms with E-state index in [0.29, 0.717) is 6.42 Å². The molecule has 2 atom stereocenters. The average Bonchev–Trinajstić information content (AvgIpc) is 2.35. The van der Waals surface area contributed by atoms with E-state index in [2.05, 4.69) is 15.6 Å². The van der Waals surface area contributed by atoms with Gasteiger partial charge in [0, 0.05) is 95.3 Å². The minimum Gasteiger partial charge on any atom is -0.324 e. The van der Waals surface area contributed by atoms with E-state index in [4.69, 9.17) is 0 Å². The zero-order valence-corrected chi connectivity index (χ0v) is 22.8. The second-order valence-corrected chi connectivity index (χ2v) is 8.89. The van der Waals surface area contributed by atoms with Crippen LogP contribution in [-0.4, -0.2) is 106 Å². The van der Waals surface area contributed by atoms with Crippen molar-refractivity contribution in [3.05, 3.63) is 12.7 Å². The molecule has 0 saturated heterocycles. The Labute approximate surface area is 205 Å². The Kier molecular flexibility index (Phi) is 28.9. The molecule has 5 nitrogen and oxygen atoms in total. The molecule has 0 fully saturated rings. The van der Waals surface area contributed by atoms with Crippen molar-refractivity contribution in [3.63, 3.8) is 0 Å². The van der Waals surface area contributed by atoms with Gasteiger partial charge in [-0.25, -0.2) is 4.31 Å². The predicted molar refractivity (Wildman–Crippen MR) is 95.9 cm³/mol. The first-order valence-corrected chi connectivity index (χ1v) is 10.6. The number of halogens is 1. The minimum atomic E-state index is -4.06. The molecule has 23 heavy (non-hydrogen) atoms. The molecule has 0 bridgehead atoms. The van der Waals surface area contributed by atoms with Gasteiger partial charge in [-0.15, -0.1) is 11.3 Å². The van der Waals surface area contributed by atoms with Gasteiger partial charge >= 0.3 is 15.2 Å². The second kappa shape index (κ2) is 19.8. The van der Waals surface area contributed by atoms with Crippen LogP contribution >= 0.6 is 15.2 Å². The number of rotatable bonds is 13. The van der Waals surface area contributed by atoms with E-state index in [1.807, 2.05) is 6.08 Å². The molecule has 0 aromatic carbocycles. The fourth-order valence-corrected chi connectivity index (χ4v) is 4.67. The van der Waals surface area contributed by atoms with E-state index in [0.717, 1.165) is 45.2 Å². The standard InChI is InChI=1S/C12H25FO5P2.3Na/c1-3-4-5-6-7-8-9-10-11-12-20(15,16)18-19(2,14)17-13;;;/h3H,1,4-12H2,2H3,(H,15,16);;;. The fraction of sp³-hybridized carbons (Fsp3) is 0.833. The summed E-state index contributed by atoms with van der Waals surface area (Å²) >= 11 is 0. The van der Waals surface area contributed by atoms with Gasteiger partial charge in [0.15, 0.2) is 0 Å². The summed E-state index contributed by atoms with van der Waals surface area (Å²) in [4.78, 5) is 9.39. The Balaban J connectivity index is -0.000000602. The van der Waals surface area contributed by atoms with Gasteiger partial charge in [-0.3, -0.25) is 9.13 Å². The van der Waals surface area contributed by atoms with E-state index in [-0.39, 0.29) is 94.8 Å². The molecule has 0 aliphatic carbocycles. The Morgan fingerprint density at radius 2 is 1.43 bits per heavy atom. The first-order valence-electron chi connectivity index (χ1n) is 6.85.